The third kappa shape index (κ3) is 3.50. The SMILES string of the molecule is O=CCC=C(F)P(=O)(O)O. The van der Waals surface area contributed by atoms with Crippen LogP contribution in [0, 0.1) is 0 Å². The van der Waals surface area contributed by atoms with Crippen molar-refractivity contribution in [2.75, 3.05) is 0 Å². The van der Waals surface area contributed by atoms with Crippen LogP contribution in [-0.2, 0) is 9.36 Å². The summed E-state index contributed by atoms with van der Waals surface area (Å²) in [5.74, 6) is 0. The van der Waals surface area contributed by atoms with E-state index in [0.717, 1.165) is 0 Å². The summed E-state index contributed by atoms with van der Waals surface area (Å²) in [7, 11) is -4.75. The first-order valence-corrected chi connectivity index (χ1v) is 3.95. The van der Waals surface area contributed by atoms with Gasteiger partial charge in [0.25, 0.3) is 0 Å². The number of carbonyl (C=O) groups is 1. The highest BCUT2D eigenvalue weighted by Crippen LogP contribution is 2.45. The fourth-order valence-corrected chi connectivity index (χ4v) is 0.608. The van der Waals surface area contributed by atoms with E-state index in [4.69, 9.17) is 9.79 Å². The Morgan fingerprint density at radius 1 is 1.60 bits per heavy atom. The molecule has 0 heterocycles. The van der Waals surface area contributed by atoms with E-state index in [2.05, 4.69) is 0 Å². The highest BCUT2D eigenvalue weighted by Gasteiger charge is 2.19. The van der Waals surface area contributed by atoms with Gasteiger partial charge in [0, 0.05) is 6.42 Å². The number of allylic oxidation sites excluding steroid dienone is 1. The Balaban J connectivity index is 4.20. The summed E-state index contributed by atoms with van der Waals surface area (Å²) in [6.07, 6.45) is 0.569. The lowest BCUT2D eigenvalue weighted by Crippen LogP contribution is -1.78. The summed E-state index contributed by atoms with van der Waals surface area (Å²) in [6, 6.07) is 0. The van der Waals surface area contributed by atoms with Gasteiger partial charge in [-0.3, -0.25) is 4.57 Å². The molecule has 0 aliphatic carbocycles. The molecule has 0 bridgehead atoms. The quantitative estimate of drug-likeness (QED) is 0.477. The Kier molecular flexibility index (Phi) is 3.42. The molecule has 2 N–H and O–H groups in total. The minimum atomic E-state index is -4.75. The van der Waals surface area contributed by atoms with E-state index in [1.54, 1.807) is 0 Å². The second-order valence-electron chi connectivity index (χ2n) is 1.47. The second-order valence-corrected chi connectivity index (χ2v) is 2.99. The monoisotopic (exact) mass is 168 g/mol. The number of halogens is 1. The van der Waals surface area contributed by atoms with E-state index >= 15 is 0 Å². The molecule has 0 rings (SSSR count). The summed E-state index contributed by atoms with van der Waals surface area (Å²) in [5, 5.41) is 0. The predicted octanol–water partition coefficient (Wildman–Crippen LogP) is 0.564. The Bertz CT molecular complexity index is 193. The first-order chi connectivity index (χ1) is 4.48. The first kappa shape index (κ1) is 9.49. The summed E-state index contributed by atoms with van der Waals surface area (Å²) in [4.78, 5) is 25.7. The zero-order chi connectivity index (χ0) is 8.20. The van der Waals surface area contributed by atoms with E-state index in [0.29, 0.717) is 12.4 Å². The van der Waals surface area contributed by atoms with Crippen LogP contribution in [0.2, 0.25) is 0 Å². The van der Waals surface area contributed by atoms with Crippen molar-refractivity contribution in [3.8, 4) is 0 Å². The molecular formula is C4H6FO4P. The molecule has 0 aromatic heterocycles. The van der Waals surface area contributed by atoms with E-state index in [1.165, 1.54) is 0 Å². The normalized spacial score (nSPS) is 13.3. The van der Waals surface area contributed by atoms with Crippen molar-refractivity contribution in [1.82, 2.24) is 0 Å². The van der Waals surface area contributed by atoms with Crippen LogP contribution in [0.1, 0.15) is 6.42 Å². The van der Waals surface area contributed by atoms with Gasteiger partial charge in [0.05, 0.1) is 0 Å². The van der Waals surface area contributed by atoms with Crippen molar-refractivity contribution in [3.05, 3.63) is 11.6 Å². The smallest absolute Gasteiger partial charge is 0.319 e. The van der Waals surface area contributed by atoms with E-state index in [9.17, 15) is 13.8 Å². The summed E-state index contributed by atoms with van der Waals surface area (Å²) >= 11 is 0. The lowest BCUT2D eigenvalue weighted by Gasteiger charge is -1.96. The molecule has 0 atom stereocenters. The molecule has 0 saturated carbocycles. The Labute approximate surface area is 56.5 Å². The second kappa shape index (κ2) is 3.61. The number of carbonyl (C=O) groups excluding carboxylic acids is 1. The topological polar surface area (TPSA) is 74.6 Å². The van der Waals surface area contributed by atoms with Gasteiger partial charge in [-0.1, -0.05) is 0 Å². The van der Waals surface area contributed by atoms with Crippen molar-refractivity contribution in [2.45, 2.75) is 6.42 Å². The highest BCUT2D eigenvalue weighted by molar-refractivity contribution is 7.56. The van der Waals surface area contributed by atoms with Crippen LogP contribution in [0.15, 0.2) is 11.6 Å². The van der Waals surface area contributed by atoms with Crippen LogP contribution < -0.4 is 0 Å². The fraction of sp³-hybridized carbons (Fsp3) is 0.250. The maximum absolute atomic E-state index is 12.0. The van der Waals surface area contributed by atoms with Crippen molar-refractivity contribution >= 4 is 13.9 Å². The summed E-state index contributed by atoms with van der Waals surface area (Å²) in [6.45, 7) is 0. The number of rotatable bonds is 3. The average Bonchev–Trinajstić information content (AvgIpc) is 1.80. The van der Waals surface area contributed by atoms with Crippen molar-refractivity contribution in [2.24, 2.45) is 0 Å². The Morgan fingerprint density at radius 3 is 2.40 bits per heavy atom. The number of aldehydes is 1. The largest absolute Gasteiger partial charge is 0.384 e. The van der Waals surface area contributed by atoms with Crippen molar-refractivity contribution in [3.63, 3.8) is 0 Å². The third-order valence-corrected chi connectivity index (χ3v) is 1.40. The van der Waals surface area contributed by atoms with Gasteiger partial charge in [-0.25, -0.2) is 0 Å². The number of hydrogen-bond acceptors (Lipinski definition) is 2. The predicted molar refractivity (Wildman–Crippen MR) is 31.9 cm³/mol. The van der Waals surface area contributed by atoms with Gasteiger partial charge < -0.3 is 14.6 Å². The van der Waals surface area contributed by atoms with E-state index in [-0.39, 0.29) is 6.42 Å². The molecular weight excluding hydrogens is 162 g/mol. The van der Waals surface area contributed by atoms with Gasteiger partial charge in [0.1, 0.15) is 6.29 Å². The summed E-state index contributed by atoms with van der Waals surface area (Å²) < 4.78 is 22.0. The molecule has 0 fully saturated rings. The van der Waals surface area contributed by atoms with Crippen LogP contribution in [-0.4, -0.2) is 16.1 Å². The lowest BCUT2D eigenvalue weighted by molar-refractivity contribution is -0.107. The van der Waals surface area contributed by atoms with E-state index in [1.807, 2.05) is 0 Å². The lowest BCUT2D eigenvalue weighted by atomic mass is 10.5. The van der Waals surface area contributed by atoms with Gasteiger partial charge in [-0.05, 0) is 6.08 Å². The average molecular weight is 168 g/mol. The van der Waals surface area contributed by atoms with Crippen LogP contribution in [0.25, 0.3) is 0 Å². The van der Waals surface area contributed by atoms with Gasteiger partial charge >= 0.3 is 7.60 Å². The molecule has 0 aromatic rings. The van der Waals surface area contributed by atoms with Crippen LogP contribution in [0.4, 0.5) is 4.39 Å². The number of hydrogen-bond donors (Lipinski definition) is 2. The van der Waals surface area contributed by atoms with Gasteiger partial charge in [0.15, 0.2) is 0 Å². The molecule has 0 unspecified atom stereocenters. The molecule has 10 heavy (non-hydrogen) atoms. The maximum atomic E-state index is 12.0. The molecule has 4 nitrogen and oxygen atoms in total. The first-order valence-electron chi connectivity index (χ1n) is 2.34. The minimum Gasteiger partial charge on any atom is -0.319 e. The van der Waals surface area contributed by atoms with Crippen molar-refractivity contribution in [1.29, 1.82) is 0 Å². The molecule has 0 spiro atoms. The minimum absolute atomic E-state index is 0.322. The maximum Gasteiger partial charge on any atom is 0.384 e. The molecule has 0 radical (unpaired) electrons. The molecule has 0 aliphatic heterocycles. The zero-order valence-electron chi connectivity index (χ0n) is 4.90. The van der Waals surface area contributed by atoms with Crippen LogP contribution in [0.3, 0.4) is 0 Å². The standard InChI is InChI=1S/C4H6FO4P/c5-4(2-1-3-6)10(7,8)9/h2-3H,1H2,(H2,7,8,9). The molecule has 6 heteroatoms. The molecule has 0 amide bonds. The molecule has 0 aliphatic rings. The van der Waals surface area contributed by atoms with Crippen LogP contribution in [0.5, 0.6) is 0 Å². The van der Waals surface area contributed by atoms with Gasteiger partial charge in [-0.2, -0.15) is 4.39 Å². The summed E-state index contributed by atoms with van der Waals surface area (Å²) in [5.41, 5.74) is -1.56. The van der Waals surface area contributed by atoms with Gasteiger partial charge in [-0.15, -0.1) is 0 Å². The third-order valence-electron chi connectivity index (χ3n) is 0.661. The van der Waals surface area contributed by atoms with Crippen molar-refractivity contribution < 1.29 is 23.5 Å². The van der Waals surface area contributed by atoms with E-state index < -0.39 is 13.2 Å². The van der Waals surface area contributed by atoms with Crippen LogP contribution >= 0.6 is 7.60 Å². The molecule has 0 saturated heterocycles. The zero-order valence-corrected chi connectivity index (χ0v) is 5.79. The van der Waals surface area contributed by atoms with Gasteiger partial charge in [0.2, 0.25) is 5.57 Å². The molecule has 58 valence electrons. The Hall–Kier alpha value is -0.510. The molecule has 0 aromatic carbocycles. The highest BCUT2D eigenvalue weighted by atomic mass is 31.2. The Morgan fingerprint density at radius 2 is 2.10 bits per heavy atom. The fourth-order valence-electron chi connectivity index (χ4n) is 0.264.